The SMILES string of the molecule is [B-]1[N+]2([B-][N+]13CCCC3)CCCC2. The summed E-state index contributed by atoms with van der Waals surface area (Å²) in [4.78, 5) is 0. The van der Waals surface area contributed by atoms with Gasteiger partial charge >= 0.3 is 0 Å². The van der Waals surface area contributed by atoms with Gasteiger partial charge in [0.25, 0.3) is 0 Å². The van der Waals surface area contributed by atoms with Gasteiger partial charge in [-0.3, -0.25) is 0 Å². The van der Waals surface area contributed by atoms with E-state index in [1.54, 1.807) is 0 Å². The zero-order chi connectivity index (χ0) is 8.07. The second kappa shape index (κ2) is 2.30. The minimum atomic E-state index is 1.25. The molecule has 64 valence electrons. The van der Waals surface area contributed by atoms with Gasteiger partial charge in [-0.2, -0.15) is 0 Å². The zero-order valence-electron chi connectivity index (χ0n) is 7.71. The van der Waals surface area contributed by atoms with Crippen molar-refractivity contribution in [2.24, 2.45) is 0 Å². The molecule has 0 unspecified atom stereocenters. The Balaban J connectivity index is 1.69. The largest absolute Gasteiger partial charge is 0.702 e. The number of hydrogen-bond donors (Lipinski definition) is 0. The van der Waals surface area contributed by atoms with Gasteiger partial charge in [-0.15, -0.1) is 0 Å². The topological polar surface area (TPSA) is 0 Å². The number of rotatable bonds is 0. The molecule has 0 aromatic heterocycles. The fourth-order valence-corrected chi connectivity index (χ4v) is 3.22. The van der Waals surface area contributed by atoms with E-state index >= 15 is 0 Å². The van der Waals surface area contributed by atoms with Gasteiger partial charge in [0.15, 0.2) is 0 Å². The highest BCUT2D eigenvalue weighted by Gasteiger charge is 2.39. The molecule has 0 aliphatic carbocycles. The minimum absolute atomic E-state index is 1.25. The van der Waals surface area contributed by atoms with Crippen LogP contribution in [0.1, 0.15) is 25.7 Å². The highest BCUT2D eigenvalue weighted by Crippen LogP contribution is 2.33. The second-order valence-corrected chi connectivity index (χ2v) is 4.75. The van der Waals surface area contributed by atoms with Crippen molar-refractivity contribution in [3.05, 3.63) is 0 Å². The van der Waals surface area contributed by atoms with Crippen LogP contribution in [0.4, 0.5) is 0 Å². The van der Waals surface area contributed by atoms with Gasteiger partial charge < -0.3 is 8.61 Å². The van der Waals surface area contributed by atoms with E-state index in [0.717, 1.165) is 0 Å². The lowest BCUT2D eigenvalue weighted by Gasteiger charge is -2.80. The fraction of sp³-hybridized carbons (Fsp3) is 1.00. The second-order valence-electron chi connectivity index (χ2n) is 4.75. The van der Waals surface area contributed by atoms with Crippen LogP contribution in [-0.4, -0.2) is 49.9 Å². The predicted molar refractivity (Wildman–Crippen MR) is 50.0 cm³/mol. The van der Waals surface area contributed by atoms with Crippen LogP contribution in [-0.2, 0) is 0 Å². The Morgan fingerprint density at radius 1 is 0.583 bits per heavy atom. The van der Waals surface area contributed by atoms with Crippen molar-refractivity contribution in [2.45, 2.75) is 25.7 Å². The fourth-order valence-electron chi connectivity index (χ4n) is 3.22. The highest BCUT2D eigenvalue weighted by molar-refractivity contribution is 6.47. The summed E-state index contributed by atoms with van der Waals surface area (Å²) in [6.45, 7) is 5.56. The molecule has 3 fully saturated rings. The van der Waals surface area contributed by atoms with Crippen molar-refractivity contribution in [2.75, 3.05) is 26.2 Å². The molecule has 4 heteroatoms. The Morgan fingerprint density at radius 2 is 0.917 bits per heavy atom. The lowest BCUT2D eigenvalue weighted by atomic mass is 9.64. The van der Waals surface area contributed by atoms with E-state index in [1.807, 2.05) is 0 Å². The number of nitrogens with zero attached hydrogens (tertiary/aromatic N) is 2. The average molecular weight is 162 g/mol. The van der Waals surface area contributed by atoms with Crippen molar-refractivity contribution >= 4 is 15.1 Å². The summed E-state index contributed by atoms with van der Waals surface area (Å²) in [5.74, 6) is 0. The van der Waals surface area contributed by atoms with E-state index in [4.69, 9.17) is 0 Å². The Hall–Kier alpha value is 0.0499. The van der Waals surface area contributed by atoms with E-state index in [9.17, 15) is 0 Å². The molecule has 2 nitrogen and oxygen atoms in total. The Labute approximate surface area is 76.3 Å². The lowest BCUT2D eigenvalue weighted by molar-refractivity contribution is -0.918. The van der Waals surface area contributed by atoms with E-state index in [2.05, 4.69) is 15.1 Å². The Morgan fingerprint density at radius 3 is 1.25 bits per heavy atom. The van der Waals surface area contributed by atoms with E-state index in [-0.39, 0.29) is 0 Å². The third kappa shape index (κ3) is 0.912. The molecule has 4 radical (unpaired) electrons. The van der Waals surface area contributed by atoms with Crippen LogP contribution in [0, 0.1) is 0 Å². The maximum Gasteiger partial charge on any atom is 0.247 e. The molecule has 0 bridgehead atoms. The average Bonchev–Trinajstić information content (AvgIpc) is 2.58. The van der Waals surface area contributed by atoms with Gasteiger partial charge in [-0.25, -0.2) is 0 Å². The van der Waals surface area contributed by atoms with E-state index in [1.165, 1.54) is 60.5 Å². The first-order valence-corrected chi connectivity index (χ1v) is 5.30. The summed E-state index contributed by atoms with van der Waals surface area (Å²) < 4.78 is 2.50. The molecule has 0 amide bonds. The lowest BCUT2D eigenvalue weighted by Crippen LogP contribution is -2.82. The molecule has 0 atom stereocenters. The van der Waals surface area contributed by atoms with Crippen molar-refractivity contribution in [1.29, 1.82) is 0 Å². The number of hydrogen-bond acceptors (Lipinski definition) is 0. The van der Waals surface area contributed by atoms with Crippen LogP contribution < -0.4 is 0 Å². The van der Waals surface area contributed by atoms with Crippen molar-refractivity contribution < 1.29 is 8.61 Å². The standard InChI is InChI=1S/C8H16B2N2/c1-2-6-11(5-1)9-12(10-11)7-3-4-8-12/h1-8H2. The zero-order valence-corrected chi connectivity index (χ0v) is 7.71. The molecule has 12 heavy (non-hydrogen) atoms. The maximum absolute atomic E-state index is 2.60. The van der Waals surface area contributed by atoms with Crippen LogP contribution in [0.25, 0.3) is 0 Å². The van der Waals surface area contributed by atoms with Crippen LogP contribution in [0.2, 0.25) is 0 Å². The summed E-state index contributed by atoms with van der Waals surface area (Å²) in [6, 6.07) is 0. The van der Waals surface area contributed by atoms with Gasteiger partial charge in [0.2, 0.25) is 15.1 Å². The summed E-state index contributed by atoms with van der Waals surface area (Å²) in [5, 5.41) is 0. The van der Waals surface area contributed by atoms with Crippen LogP contribution in [0.15, 0.2) is 0 Å². The van der Waals surface area contributed by atoms with Gasteiger partial charge in [0.1, 0.15) is 0 Å². The molecule has 0 aromatic rings. The van der Waals surface area contributed by atoms with Gasteiger partial charge in [-0.05, 0) is 51.9 Å². The van der Waals surface area contributed by atoms with Gasteiger partial charge in [0, 0.05) is 0 Å². The van der Waals surface area contributed by atoms with Gasteiger partial charge in [0.05, 0.1) is 0 Å². The summed E-state index contributed by atoms with van der Waals surface area (Å²) >= 11 is 0. The first-order chi connectivity index (χ1) is 5.83. The third-order valence-corrected chi connectivity index (χ3v) is 3.72. The molecule has 0 saturated carbocycles. The molecule has 0 N–H and O–H groups in total. The van der Waals surface area contributed by atoms with Crippen molar-refractivity contribution in [1.82, 2.24) is 0 Å². The predicted octanol–water partition coefficient (Wildman–Crippen LogP) is 0.290. The molecule has 3 rings (SSSR count). The normalized spacial score (nSPS) is 36.0. The molecule has 2 spiro atoms. The molecule has 0 aromatic carbocycles. The maximum atomic E-state index is 2.60. The number of quaternary nitrogens is 2. The monoisotopic (exact) mass is 162 g/mol. The Bertz CT molecular complexity index is 165. The van der Waals surface area contributed by atoms with E-state index in [0.29, 0.717) is 0 Å². The van der Waals surface area contributed by atoms with Crippen molar-refractivity contribution in [3.8, 4) is 0 Å². The molecule has 3 heterocycles. The first-order valence-electron chi connectivity index (χ1n) is 5.30. The van der Waals surface area contributed by atoms with Crippen molar-refractivity contribution in [3.63, 3.8) is 0 Å². The smallest absolute Gasteiger partial charge is 0.247 e. The van der Waals surface area contributed by atoms with Crippen LogP contribution in [0.5, 0.6) is 0 Å². The summed E-state index contributed by atoms with van der Waals surface area (Å²) in [5.41, 5.74) is 0. The van der Waals surface area contributed by atoms with Gasteiger partial charge in [-0.1, -0.05) is 0 Å². The highest BCUT2D eigenvalue weighted by atomic mass is 15.5. The van der Waals surface area contributed by atoms with Crippen LogP contribution in [0.3, 0.4) is 0 Å². The van der Waals surface area contributed by atoms with E-state index < -0.39 is 0 Å². The summed E-state index contributed by atoms with van der Waals surface area (Å²) in [7, 11) is 5.19. The first kappa shape index (κ1) is 7.45. The molecule has 3 aliphatic rings. The minimum Gasteiger partial charge on any atom is -0.702 e. The van der Waals surface area contributed by atoms with Crippen LogP contribution >= 0.6 is 0 Å². The molecular formula is C8H16B2N2. The molecular weight excluding hydrogens is 146 g/mol. The summed E-state index contributed by atoms with van der Waals surface area (Å²) in [6.07, 6.45) is 5.75. The Kier molecular flexibility index (Phi) is 1.43. The quantitative estimate of drug-likeness (QED) is 0.449. The third-order valence-electron chi connectivity index (χ3n) is 3.72. The molecule has 3 aliphatic heterocycles. The molecule has 3 saturated heterocycles.